The lowest BCUT2D eigenvalue weighted by atomic mass is 10.2. The fraction of sp³-hybridized carbons (Fsp3) is 0. The second-order valence-corrected chi connectivity index (χ2v) is 3.84. The van der Waals surface area contributed by atoms with E-state index in [9.17, 15) is 24.6 Å². The summed E-state index contributed by atoms with van der Waals surface area (Å²) in [5.74, 6) is -1.21. The number of benzene rings is 2. The molecule has 0 atom stereocenters. The number of nitrogens with zero attached hydrogens (tertiary/aromatic N) is 3. The highest BCUT2D eigenvalue weighted by molar-refractivity contribution is 7.78. The van der Waals surface area contributed by atoms with Gasteiger partial charge in [0.15, 0.2) is 0 Å². The molecule has 0 radical (unpaired) electrons. The Kier molecular flexibility index (Phi) is 6.42. The zero-order valence-electron chi connectivity index (χ0n) is 10.9. The average Bonchev–Trinajstić information content (AvgIpc) is 2.48. The van der Waals surface area contributed by atoms with Crippen molar-refractivity contribution in [3.8, 4) is 0 Å². The van der Waals surface area contributed by atoms with Crippen LogP contribution in [0.15, 0.2) is 53.5 Å². The Hall–Kier alpha value is -3.03. The summed E-state index contributed by atoms with van der Waals surface area (Å²) in [5, 5.41) is 22.7. The summed E-state index contributed by atoms with van der Waals surface area (Å²) >= 11 is 4.42. The van der Waals surface area contributed by atoms with E-state index in [1.54, 1.807) is 0 Å². The largest absolute Gasteiger partial charge is 0.381 e. The minimum absolute atomic E-state index is 0.797. The Balaban J connectivity index is 0.000000235. The highest BCUT2D eigenvalue weighted by Crippen LogP contribution is 2.28. The smallest absolute Gasteiger partial charge is 0.258 e. The first kappa shape index (κ1) is 17.0. The van der Waals surface area contributed by atoms with Crippen molar-refractivity contribution in [2.75, 3.05) is 0 Å². The number of hydrogen-bond donors (Lipinski definition) is 0. The Morgan fingerprint density at radius 2 is 1.64 bits per heavy atom. The van der Waals surface area contributed by atoms with E-state index in [0.717, 1.165) is 23.9 Å². The summed E-state index contributed by atoms with van der Waals surface area (Å²) in [7, 11) is 0. The molecule has 0 aliphatic rings. The predicted octanol–water partition coefficient (Wildman–Crippen LogP) is 4.06. The Bertz CT molecular complexity index is 733. The van der Waals surface area contributed by atoms with Gasteiger partial charge in [-0.2, -0.15) is 9.38 Å². The molecule has 0 saturated carbocycles. The summed E-state index contributed by atoms with van der Waals surface area (Å²) in [5.41, 5.74) is -1.09. The number of thiocarbonyl (C=S) groups is 1. The van der Waals surface area contributed by atoms with Crippen molar-refractivity contribution in [1.82, 2.24) is 0 Å². The monoisotopic (exact) mass is 321 g/mol. The zero-order valence-corrected chi connectivity index (χ0v) is 11.7. The first-order chi connectivity index (χ1) is 10.5. The Labute approximate surface area is 129 Å². The molecule has 2 aromatic rings. The number of nitro groups is 2. The third-order valence-electron chi connectivity index (χ3n) is 2.28. The molecule has 0 N–H and O–H groups in total. The van der Waals surface area contributed by atoms with Gasteiger partial charge in [-0.3, -0.25) is 20.2 Å². The molecule has 2 aromatic carbocycles. The van der Waals surface area contributed by atoms with E-state index in [4.69, 9.17) is 0 Å². The van der Waals surface area contributed by atoms with Crippen molar-refractivity contribution in [3.63, 3.8) is 0 Å². The Morgan fingerprint density at radius 3 is 2.09 bits per heavy atom. The number of halogens is 1. The van der Waals surface area contributed by atoms with E-state index in [1.807, 2.05) is 30.3 Å². The number of nitro benzene ring substituents is 2. The van der Waals surface area contributed by atoms with Crippen molar-refractivity contribution < 1.29 is 14.2 Å². The summed E-state index contributed by atoms with van der Waals surface area (Å²) in [6.45, 7) is 0. The van der Waals surface area contributed by atoms with Gasteiger partial charge in [0.1, 0.15) is 0 Å². The number of para-hydroxylation sites is 2. The molecule has 0 fully saturated rings. The first-order valence-electron chi connectivity index (χ1n) is 5.67. The van der Waals surface area contributed by atoms with Crippen molar-refractivity contribution >= 4 is 34.4 Å². The number of aliphatic imine (C=N–C) groups is 1. The minimum Gasteiger partial charge on any atom is -0.258 e. The summed E-state index contributed by atoms with van der Waals surface area (Å²) in [6.07, 6.45) is 0. The Morgan fingerprint density at radius 1 is 1.00 bits per heavy atom. The van der Waals surface area contributed by atoms with Gasteiger partial charge in [0.2, 0.25) is 5.82 Å². The van der Waals surface area contributed by atoms with Gasteiger partial charge in [-0.1, -0.05) is 24.3 Å². The lowest BCUT2D eigenvalue weighted by Gasteiger charge is -1.94. The third kappa shape index (κ3) is 4.82. The van der Waals surface area contributed by atoms with Crippen LogP contribution < -0.4 is 0 Å². The lowest BCUT2D eigenvalue weighted by molar-refractivity contribution is -0.424. The number of isothiocyanates is 1. The van der Waals surface area contributed by atoms with Crippen LogP contribution in [0.5, 0.6) is 0 Å². The fourth-order valence-electron chi connectivity index (χ4n) is 1.39. The van der Waals surface area contributed by atoms with Crippen molar-refractivity contribution in [2.24, 2.45) is 4.99 Å². The molecule has 0 saturated heterocycles. The maximum Gasteiger partial charge on any atom is 0.381 e. The van der Waals surface area contributed by atoms with E-state index in [-0.39, 0.29) is 0 Å². The highest BCUT2D eigenvalue weighted by Gasteiger charge is 2.28. The predicted molar refractivity (Wildman–Crippen MR) is 80.8 cm³/mol. The molecule has 0 bridgehead atoms. The van der Waals surface area contributed by atoms with Crippen LogP contribution in [0.4, 0.5) is 21.5 Å². The van der Waals surface area contributed by atoms with Gasteiger partial charge in [0.25, 0.3) is 0 Å². The van der Waals surface area contributed by atoms with Crippen LogP contribution >= 0.6 is 12.2 Å². The molecule has 0 aliphatic heterocycles. The molecule has 0 aromatic heterocycles. The topological polar surface area (TPSA) is 98.6 Å². The third-order valence-corrected chi connectivity index (χ3v) is 2.37. The first-order valence-corrected chi connectivity index (χ1v) is 6.08. The molecule has 2 rings (SSSR count). The molecule has 22 heavy (non-hydrogen) atoms. The maximum absolute atomic E-state index is 12.7. The minimum atomic E-state index is -1.21. The second kappa shape index (κ2) is 8.30. The summed E-state index contributed by atoms with van der Waals surface area (Å²) < 4.78 is 12.7. The van der Waals surface area contributed by atoms with Crippen LogP contribution in [-0.4, -0.2) is 15.0 Å². The van der Waals surface area contributed by atoms with E-state index < -0.39 is 27.0 Å². The van der Waals surface area contributed by atoms with Gasteiger partial charge in [0.05, 0.1) is 20.7 Å². The van der Waals surface area contributed by atoms with Crippen LogP contribution in [-0.2, 0) is 0 Å². The molecular formula is C13H8FN3O4S. The molecule has 0 aliphatic carbocycles. The summed E-state index contributed by atoms with van der Waals surface area (Å²) in [4.78, 5) is 22.1. The molecule has 0 spiro atoms. The standard InChI is InChI=1S/C7H5NS.C6H3FN2O4/c9-6-8-7-4-2-1-3-5-7;7-4-2-1-3-5(8(10)11)6(4)9(12)13/h1-5H;1-3H. The van der Waals surface area contributed by atoms with E-state index in [1.165, 1.54) is 0 Å². The molecular weight excluding hydrogens is 313 g/mol. The van der Waals surface area contributed by atoms with Crippen LogP contribution in [0.2, 0.25) is 0 Å². The molecule has 0 amide bonds. The van der Waals surface area contributed by atoms with E-state index >= 15 is 0 Å². The van der Waals surface area contributed by atoms with Crippen LogP contribution in [0, 0.1) is 26.0 Å². The van der Waals surface area contributed by atoms with E-state index in [2.05, 4.69) is 22.4 Å². The number of rotatable bonds is 3. The molecule has 0 heterocycles. The van der Waals surface area contributed by atoms with Gasteiger partial charge in [-0.05, 0) is 30.4 Å². The van der Waals surface area contributed by atoms with Crippen molar-refractivity contribution in [2.45, 2.75) is 0 Å². The van der Waals surface area contributed by atoms with Crippen molar-refractivity contribution in [3.05, 3.63) is 74.6 Å². The normalized spacial score (nSPS) is 8.95. The van der Waals surface area contributed by atoms with Crippen LogP contribution in [0.1, 0.15) is 0 Å². The maximum atomic E-state index is 12.7. The SMILES string of the molecule is O=[N+]([O-])c1cccc(F)c1[N+](=O)[O-].S=C=Nc1ccccc1. The van der Waals surface area contributed by atoms with Gasteiger partial charge in [-0.25, -0.2) is 0 Å². The average molecular weight is 321 g/mol. The van der Waals surface area contributed by atoms with Crippen LogP contribution in [0.3, 0.4) is 0 Å². The molecule has 0 unspecified atom stereocenters. The number of hydrogen-bond acceptors (Lipinski definition) is 6. The van der Waals surface area contributed by atoms with Gasteiger partial charge in [0, 0.05) is 6.07 Å². The van der Waals surface area contributed by atoms with Crippen molar-refractivity contribution in [1.29, 1.82) is 0 Å². The van der Waals surface area contributed by atoms with E-state index in [0.29, 0.717) is 0 Å². The molecule has 112 valence electrons. The molecule has 7 nitrogen and oxygen atoms in total. The van der Waals surface area contributed by atoms with Gasteiger partial charge in [-0.15, -0.1) is 0 Å². The molecule has 9 heteroatoms. The fourth-order valence-corrected chi connectivity index (χ4v) is 1.49. The van der Waals surface area contributed by atoms with Gasteiger partial charge < -0.3 is 0 Å². The van der Waals surface area contributed by atoms with Crippen LogP contribution in [0.25, 0.3) is 0 Å². The highest BCUT2D eigenvalue weighted by atomic mass is 32.1. The quantitative estimate of drug-likeness (QED) is 0.367. The zero-order chi connectivity index (χ0) is 16.5. The second-order valence-electron chi connectivity index (χ2n) is 3.66. The lowest BCUT2D eigenvalue weighted by Crippen LogP contribution is -1.98. The van der Waals surface area contributed by atoms with Gasteiger partial charge >= 0.3 is 11.4 Å². The summed E-state index contributed by atoms with van der Waals surface area (Å²) in [6, 6.07) is 12.2.